The fourth-order valence-electron chi connectivity index (χ4n) is 1.88. The lowest BCUT2D eigenvalue weighted by Gasteiger charge is -2.07. The molecule has 3 rings (SSSR count). The number of benzene rings is 1. The Morgan fingerprint density at radius 3 is 2.80 bits per heavy atom. The van der Waals surface area contributed by atoms with Gasteiger partial charge in [0, 0.05) is 12.7 Å². The maximum absolute atomic E-state index is 13.1. The van der Waals surface area contributed by atoms with Gasteiger partial charge >= 0.3 is 0 Å². The minimum atomic E-state index is -0.878. The Bertz CT molecular complexity index is 772. The first kappa shape index (κ1) is 12.8. The largest absolute Gasteiger partial charge is 0.365 e. The van der Waals surface area contributed by atoms with E-state index in [0.29, 0.717) is 23.6 Å². The number of rotatable bonds is 3. The van der Waals surface area contributed by atoms with Gasteiger partial charge in [-0.2, -0.15) is 4.98 Å². The topological polar surface area (TPSA) is 53.6 Å². The van der Waals surface area contributed by atoms with Crippen LogP contribution in [0.25, 0.3) is 11.0 Å². The summed E-state index contributed by atoms with van der Waals surface area (Å²) in [4.78, 5) is 11.0. The molecule has 0 atom stereocenters. The van der Waals surface area contributed by atoms with Crippen LogP contribution >= 0.6 is 11.6 Å². The van der Waals surface area contributed by atoms with Gasteiger partial charge in [-0.25, -0.2) is 13.8 Å². The zero-order chi connectivity index (χ0) is 14.1. The van der Waals surface area contributed by atoms with Gasteiger partial charge in [0.15, 0.2) is 11.6 Å². The molecule has 3 aromatic rings. The van der Waals surface area contributed by atoms with Crippen LogP contribution < -0.4 is 5.32 Å². The molecule has 0 fully saturated rings. The second-order valence-corrected chi connectivity index (χ2v) is 4.52. The van der Waals surface area contributed by atoms with Crippen LogP contribution in [0.15, 0.2) is 30.5 Å². The summed E-state index contributed by atoms with van der Waals surface area (Å²) < 4.78 is 26.0. The normalized spacial score (nSPS) is 10.9. The maximum Gasteiger partial charge on any atom is 0.226 e. The lowest BCUT2D eigenvalue weighted by atomic mass is 10.2. The number of aromatic amines is 1. The molecule has 2 aromatic heterocycles. The average molecular weight is 295 g/mol. The summed E-state index contributed by atoms with van der Waals surface area (Å²) in [7, 11) is 0. The lowest BCUT2D eigenvalue weighted by molar-refractivity contribution is 0.507. The van der Waals surface area contributed by atoms with Gasteiger partial charge in [-0.15, -0.1) is 0 Å². The molecule has 4 nitrogen and oxygen atoms in total. The Kier molecular flexibility index (Phi) is 3.23. The molecule has 102 valence electrons. The number of hydrogen-bond donors (Lipinski definition) is 2. The molecule has 2 heterocycles. The van der Waals surface area contributed by atoms with Crippen LogP contribution in [-0.4, -0.2) is 15.0 Å². The third-order valence-electron chi connectivity index (χ3n) is 2.83. The van der Waals surface area contributed by atoms with Crippen molar-refractivity contribution in [2.24, 2.45) is 0 Å². The first-order chi connectivity index (χ1) is 9.63. The van der Waals surface area contributed by atoms with Gasteiger partial charge in [0.25, 0.3) is 0 Å². The van der Waals surface area contributed by atoms with Gasteiger partial charge in [-0.3, -0.25) is 0 Å². The highest BCUT2D eigenvalue weighted by atomic mass is 35.5. The van der Waals surface area contributed by atoms with Crippen molar-refractivity contribution in [2.75, 3.05) is 5.32 Å². The third-order valence-corrected chi connectivity index (χ3v) is 3.00. The molecule has 0 saturated heterocycles. The summed E-state index contributed by atoms with van der Waals surface area (Å²) in [5.41, 5.74) is 1.21. The Morgan fingerprint density at radius 1 is 1.15 bits per heavy atom. The summed E-state index contributed by atoms with van der Waals surface area (Å²) in [6, 6.07) is 5.53. The number of nitrogens with zero attached hydrogens (tertiary/aromatic N) is 2. The molecule has 0 unspecified atom stereocenters. The van der Waals surface area contributed by atoms with Crippen molar-refractivity contribution in [3.8, 4) is 0 Å². The van der Waals surface area contributed by atoms with Crippen molar-refractivity contribution in [3.05, 3.63) is 52.9 Å². The summed E-state index contributed by atoms with van der Waals surface area (Å²) in [6.07, 6.45) is 1.72. The zero-order valence-corrected chi connectivity index (χ0v) is 10.9. The van der Waals surface area contributed by atoms with E-state index in [2.05, 4.69) is 20.3 Å². The molecular formula is C13H9ClF2N4. The van der Waals surface area contributed by atoms with E-state index < -0.39 is 11.6 Å². The van der Waals surface area contributed by atoms with Crippen LogP contribution in [0.2, 0.25) is 5.28 Å². The summed E-state index contributed by atoms with van der Waals surface area (Å²) in [6.45, 7) is 0.296. The first-order valence-electron chi connectivity index (χ1n) is 5.82. The van der Waals surface area contributed by atoms with Crippen LogP contribution in [0.5, 0.6) is 0 Å². The predicted octanol–water partition coefficient (Wildman–Crippen LogP) is 3.50. The van der Waals surface area contributed by atoms with Crippen molar-refractivity contribution in [1.82, 2.24) is 15.0 Å². The van der Waals surface area contributed by atoms with Gasteiger partial charge in [0.1, 0.15) is 11.5 Å². The van der Waals surface area contributed by atoms with Crippen molar-refractivity contribution in [1.29, 1.82) is 0 Å². The molecule has 0 saturated carbocycles. The quantitative estimate of drug-likeness (QED) is 0.727. The van der Waals surface area contributed by atoms with E-state index in [1.807, 2.05) is 0 Å². The standard InChI is InChI=1S/C13H9ClF2N4/c14-13-19-11-8(3-4-17-11)12(20-13)18-6-7-1-2-9(15)10(16)5-7/h1-5H,6H2,(H2,17,18,19,20). The molecule has 0 aliphatic rings. The monoisotopic (exact) mass is 294 g/mol. The van der Waals surface area contributed by atoms with E-state index >= 15 is 0 Å². The molecule has 0 spiro atoms. The molecular weight excluding hydrogens is 286 g/mol. The average Bonchev–Trinajstić information content (AvgIpc) is 2.88. The maximum atomic E-state index is 13.1. The molecule has 20 heavy (non-hydrogen) atoms. The molecule has 7 heteroatoms. The van der Waals surface area contributed by atoms with Crippen LogP contribution in [0.3, 0.4) is 0 Å². The molecule has 0 bridgehead atoms. The van der Waals surface area contributed by atoms with Crippen LogP contribution in [-0.2, 0) is 6.54 Å². The zero-order valence-electron chi connectivity index (χ0n) is 10.1. The van der Waals surface area contributed by atoms with E-state index in [-0.39, 0.29) is 5.28 Å². The molecule has 2 N–H and O–H groups in total. The van der Waals surface area contributed by atoms with Crippen molar-refractivity contribution < 1.29 is 8.78 Å². The minimum Gasteiger partial charge on any atom is -0.365 e. The van der Waals surface area contributed by atoms with Crippen molar-refractivity contribution >= 4 is 28.5 Å². The highest BCUT2D eigenvalue weighted by molar-refractivity contribution is 6.28. The number of hydrogen-bond acceptors (Lipinski definition) is 3. The van der Waals surface area contributed by atoms with Crippen molar-refractivity contribution in [2.45, 2.75) is 6.54 Å². The molecule has 0 aliphatic carbocycles. The van der Waals surface area contributed by atoms with Crippen LogP contribution in [0.4, 0.5) is 14.6 Å². The SMILES string of the molecule is Fc1ccc(CNc2nc(Cl)nc3[nH]ccc23)cc1F. The number of fused-ring (bicyclic) bond motifs is 1. The number of halogens is 3. The van der Waals surface area contributed by atoms with Gasteiger partial charge in [-0.1, -0.05) is 6.07 Å². The summed E-state index contributed by atoms with van der Waals surface area (Å²) in [5.74, 6) is -1.21. The minimum absolute atomic E-state index is 0.104. The fraction of sp³-hybridized carbons (Fsp3) is 0.0769. The lowest BCUT2D eigenvalue weighted by Crippen LogP contribution is -2.03. The first-order valence-corrected chi connectivity index (χ1v) is 6.20. The summed E-state index contributed by atoms with van der Waals surface area (Å²) in [5, 5.41) is 3.91. The third kappa shape index (κ3) is 2.42. The Balaban J connectivity index is 1.86. The number of aromatic nitrogens is 3. The summed E-state index contributed by atoms with van der Waals surface area (Å²) >= 11 is 5.82. The van der Waals surface area contributed by atoms with Crippen molar-refractivity contribution in [3.63, 3.8) is 0 Å². The van der Waals surface area contributed by atoms with E-state index in [0.717, 1.165) is 17.5 Å². The van der Waals surface area contributed by atoms with E-state index in [1.54, 1.807) is 12.3 Å². The van der Waals surface area contributed by atoms with Gasteiger partial charge in [0.05, 0.1) is 5.39 Å². The molecule has 1 aromatic carbocycles. The highest BCUT2D eigenvalue weighted by Gasteiger charge is 2.08. The van der Waals surface area contributed by atoms with Crippen LogP contribution in [0.1, 0.15) is 5.56 Å². The van der Waals surface area contributed by atoms with E-state index in [1.165, 1.54) is 6.07 Å². The van der Waals surface area contributed by atoms with Gasteiger partial charge < -0.3 is 10.3 Å². The smallest absolute Gasteiger partial charge is 0.226 e. The molecule has 0 radical (unpaired) electrons. The van der Waals surface area contributed by atoms with Crippen LogP contribution in [0, 0.1) is 11.6 Å². The Morgan fingerprint density at radius 2 is 2.00 bits per heavy atom. The molecule has 0 aliphatic heterocycles. The Hall–Kier alpha value is -2.21. The Labute approximate surface area is 117 Å². The van der Waals surface area contributed by atoms with Gasteiger partial charge in [-0.05, 0) is 35.4 Å². The highest BCUT2D eigenvalue weighted by Crippen LogP contribution is 2.21. The van der Waals surface area contributed by atoms with E-state index in [4.69, 9.17) is 11.6 Å². The number of nitrogens with one attached hydrogen (secondary N) is 2. The van der Waals surface area contributed by atoms with E-state index in [9.17, 15) is 8.78 Å². The predicted molar refractivity (Wildman–Crippen MR) is 72.6 cm³/mol. The number of H-pyrrole nitrogens is 1. The number of anilines is 1. The molecule has 0 amide bonds. The fourth-order valence-corrected chi connectivity index (χ4v) is 2.05. The second-order valence-electron chi connectivity index (χ2n) is 4.18. The second kappa shape index (κ2) is 5.05. The van der Waals surface area contributed by atoms with Gasteiger partial charge in [0.2, 0.25) is 5.28 Å².